The van der Waals surface area contributed by atoms with Gasteiger partial charge in [-0.3, -0.25) is 9.08 Å². The Morgan fingerprint density at radius 2 is 2.07 bits per heavy atom. The van der Waals surface area contributed by atoms with Crippen molar-refractivity contribution < 1.29 is 12.6 Å². The van der Waals surface area contributed by atoms with Crippen LogP contribution in [0, 0.1) is 5.41 Å². The molecule has 0 bridgehead atoms. The summed E-state index contributed by atoms with van der Waals surface area (Å²) in [6.45, 7) is 4.62. The molecule has 1 fully saturated rings. The molecule has 0 N–H and O–H groups in total. The van der Waals surface area contributed by atoms with Crippen molar-refractivity contribution in [3.05, 3.63) is 41.6 Å². The smallest absolute Gasteiger partial charge is 0.264 e. The Kier molecular flexibility index (Phi) is 3.84. The molecular formula is C21H26N2O3S. The summed E-state index contributed by atoms with van der Waals surface area (Å²) in [4.78, 5) is 2.65. The molecule has 0 unspecified atom stereocenters. The average Bonchev–Trinajstić information content (AvgIpc) is 3.00. The van der Waals surface area contributed by atoms with Gasteiger partial charge in [0.1, 0.15) is 6.61 Å². The molecule has 2 atom stereocenters. The predicted octanol–water partition coefficient (Wildman–Crippen LogP) is 3.56. The van der Waals surface area contributed by atoms with Crippen LogP contribution in [0.1, 0.15) is 43.5 Å². The molecule has 1 aromatic heterocycles. The van der Waals surface area contributed by atoms with Gasteiger partial charge in [0.2, 0.25) is 0 Å². The van der Waals surface area contributed by atoms with Crippen LogP contribution in [-0.2, 0) is 20.7 Å². The molecular weight excluding hydrogens is 360 g/mol. The van der Waals surface area contributed by atoms with E-state index in [1.807, 2.05) is 0 Å². The summed E-state index contributed by atoms with van der Waals surface area (Å²) in [5.41, 5.74) is 5.02. The minimum atomic E-state index is -3.49. The second kappa shape index (κ2) is 5.93. The lowest BCUT2D eigenvalue weighted by Gasteiger charge is -2.53. The molecule has 5 rings (SSSR count). The Morgan fingerprint density at radius 1 is 1.26 bits per heavy atom. The normalized spacial score (nSPS) is 27.5. The highest BCUT2D eigenvalue weighted by atomic mass is 32.2. The Hall–Kier alpha value is -1.63. The van der Waals surface area contributed by atoms with Crippen molar-refractivity contribution in [1.82, 2.24) is 9.47 Å². The van der Waals surface area contributed by atoms with Crippen molar-refractivity contribution >= 4 is 26.7 Å². The average molecular weight is 387 g/mol. The molecule has 0 saturated carbocycles. The summed E-state index contributed by atoms with van der Waals surface area (Å²) in [6.07, 6.45) is 7.91. The lowest BCUT2D eigenvalue weighted by atomic mass is 9.66. The molecule has 27 heavy (non-hydrogen) atoms. The first kappa shape index (κ1) is 17.5. The molecule has 1 saturated heterocycles. The van der Waals surface area contributed by atoms with Crippen LogP contribution >= 0.6 is 0 Å². The molecule has 3 aliphatic heterocycles. The number of nitrogens with zero attached hydrogens (tertiary/aromatic N) is 2. The first-order valence-corrected chi connectivity index (χ1v) is 11.7. The van der Waals surface area contributed by atoms with E-state index in [1.54, 1.807) is 0 Å². The van der Waals surface area contributed by atoms with Crippen LogP contribution in [-0.4, -0.2) is 43.8 Å². The first-order valence-electron chi connectivity index (χ1n) is 9.86. The largest absolute Gasteiger partial charge is 0.313 e. The summed E-state index contributed by atoms with van der Waals surface area (Å²) in [6, 6.07) is 8.90. The van der Waals surface area contributed by atoms with Gasteiger partial charge in [-0.05, 0) is 43.9 Å². The Morgan fingerprint density at radius 3 is 2.85 bits per heavy atom. The molecule has 5 nitrogen and oxygen atoms in total. The molecule has 0 aliphatic carbocycles. The second-order valence-corrected chi connectivity index (χ2v) is 9.84. The van der Waals surface area contributed by atoms with Crippen LogP contribution in [0.15, 0.2) is 30.3 Å². The summed E-state index contributed by atoms with van der Waals surface area (Å²) < 4.78 is 30.9. The van der Waals surface area contributed by atoms with Crippen LogP contribution in [0.4, 0.5) is 0 Å². The van der Waals surface area contributed by atoms with Crippen molar-refractivity contribution in [1.29, 1.82) is 0 Å². The highest BCUT2D eigenvalue weighted by Gasteiger charge is 2.50. The third-order valence-electron chi connectivity index (χ3n) is 6.75. The van der Waals surface area contributed by atoms with Crippen molar-refractivity contribution in [3.63, 3.8) is 0 Å². The van der Waals surface area contributed by atoms with Gasteiger partial charge in [0.05, 0.1) is 17.8 Å². The van der Waals surface area contributed by atoms with Gasteiger partial charge in [0.25, 0.3) is 10.1 Å². The van der Waals surface area contributed by atoms with Gasteiger partial charge in [-0.25, -0.2) is 0 Å². The molecule has 4 heterocycles. The molecule has 2 aromatic rings. The molecule has 0 radical (unpaired) electrons. The zero-order chi connectivity index (χ0) is 18.8. The number of para-hydroxylation sites is 1. The molecule has 144 valence electrons. The number of piperidine rings is 1. The van der Waals surface area contributed by atoms with Crippen molar-refractivity contribution in [2.45, 2.75) is 38.6 Å². The van der Waals surface area contributed by atoms with Crippen LogP contribution in [0.5, 0.6) is 0 Å². The maximum Gasteiger partial charge on any atom is 0.264 e. The van der Waals surface area contributed by atoms with Crippen molar-refractivity contribution in [2.24, 2.45) is 5.41 Å². The predicted molar refractivity (Wildman–Crippen MR) is 107 cm³/mol. The number of hydrogen-bond acceptors (Lipinski definition) is 4. The fraction of sp³-hybridized carbons (Fsp3) is 0.524. The van der Waals surface area contributed by atoms with Crippen molar-refractivity contribution in [2.75, 3.05) is 26.0 Å². The lowest BCUT2D eigenvalue weighted by Crippen LogP contribution is -2.50. The minimum absolute atomic E-state index is 0.0635. The minimum Gasteiger partial charge on any atom is -0.313 e. The molecule has 0 spiro atoms. The van der Waals surface area contributed by atoms with E-state index < -0.39 is 10.1 Å². The van der Waals surface area contributed by atoms with E-state index in [-0.39, 0.29) is 12.0 Å². The molecule has 6 heteroatoms. The summed E-state index contributed by atoms with van der Waals surface area (Å²) in [5.74, 6) is 0. The van der Waals surface area contributed by atoms with Gasteiger partial charge in [0, 0.05) is 28.7 Å². The maximum absolute atomic E-state index is 11.7. The molecule has 3 aliphatic rings. The summed E-state index contributed by atoms with van der Waals surface area (Å²) in [7, 11) is -3.49. The highest BCUT2D eigenvalue weighted by Crippen LogP contribution is 2.56. The fourth-order valence-electron chi connectivity index (χ4n) is 5.66. The maximum atomic E-state index is 11.7. The second-order valence-electron chi connectivity index (χ2n) is 8.20. The Labute approximate surface area is 160 Å². The van der Waals surface area contributed by atoms with Crippen LogP contribution in [0.25, 0.3) is 16.6 Å². The number of benzene rings is 1. The quantitative estimate of drug-likeness (QED) is 0.754. The summed E-state index contributed by atoms with van der Waals surface area (Å²) >= 11 is 0. The SMILES string of the molecule is CC[C@@]12C=C(COS(C)(=O)=O)n3c4c(c5ccccc53)CCN(CCC1)[C@H]42. The van der Waals surface area contributed by atoms with Gasteiger partial charge in [-0.1, -0.05) is 31.2 Å². The van der Waals surface area contributed by atoms with Crippen LogP contribution in [0.3, 0.4) is 0 Å². The van der Waals surface area contributed by atoms with Gasteiger partial charge >= 0.3 is 0 Å². The third-order valence-corrected chi connectivity index (χ3v) is 7.29. The summed E-state index contributed by atoms with van der Waals surface area (Å²) in [5, 5.41) is 1.30. The zero-order valence-corrected chi connectivity index (χ0v) is 16.8. The third kappa shape index (κ3) is 2.53. The molecule has 1 aromatic carbocycles. The number of aromatic nitrogens is 1. The monoisotopic (exact) mass is 386 g/mol. The first-order chi connectivity index (χ1) is 12.9. The fourth-order valence-corrected chi connectivity index (χ4v) is 6.00. The number of hydrogen-bond donors (Lipinski definition) is 0. The van der Waals surface area contributed by atoms with Crippen molar-refractivity contribution in [3.8, 4) is 0 Å². The van der Waals surface area contributed by atoms with E-state index in [2.05, 4.69) is 46.7 Å². The van der Waals surface area contributed by atoms with Gasteiger partial charge in [-0.2, -0.15) is 8.42 Å². The van der Waals surface area contributed by atoms with E-state index in [0.29, 0.717) is 6.04 Å². The topological polar surface area (TPSA) is 51.5 Å². The lowest BCUT2D eigenvalue weighted by molar-refractivity contribution is 0.0264. The number of rotatable bonds is 4. The Bertz CT molecular complexity index is 1050. The molecule has 0 amide bonds. The van der Waals surface area contributed by atoms with E-state index in [9.17, 15) is 8.42 Å². The Balaban J connectivity index is 1.78. The van der Waals surface area contributed by atoms with E-state index >= 15 is 0 Å². The highest BCUT2D eigenvalue weighted by molar-refractivity contribution is 7.86. The standard InChI is InChI=1S/C21H26N2O3S/c1-3-21-10-6-11-22-12-9-17-16-7-4-5-8-18(16)23(19(17)20(21)22)15(13-21)14-26-27(2,24)25/h4-5,7-8,13,20H,3,6,9-12,14H2,1-2H3/t20-,21+/m1/s1. The van der Waals surface area contributed by atoms with Crippen LogP contribution < -0.4 is 0 Å². The van der Waals surface area contributed by atoms with Gasteiger partial charge in [-0.15, -0.1) is 0 Å². The zero-order valence-electron chi connectivity index (χ0n) is 15.9. The van der Waals surface area contributed by atoms with E-state index in [4.69, 9.17) is 4.18 Å². The number of fused-ring (bicyclic) bond motifs is 3. The van der Waals surface area contributed by atoms with Gasteiger partial charge < -0.3 is 4.57 Å². The van der Waals surface area contributed by atoms with E-state index in [1.165, 1.54) is 28.6 Å². The van der Waals surface area contributed by atoms with E-state index in [0.717, 1.165) is 44.3 Å². The van der Waals surface area contributed by atoms with Gasteiger partial charge in [0.15, 0.2) is 0 Å². The van der Waals surface area contributed by atoms with Crippen LogP contribution in [0.2, 0.25) is 0 Å².